The highest BCUT2D eigenvalue weighted by molar-refractivity contribution is 5.96. The summed E-state index contributed by atoms with van der Waals surface area (Å²) in [5.74, 6) is 0.913. The third-order valence-electron chi connectivity index (χ3n) is 5.25. The number of hydrogen-bond donors (Lipinski definition) is 0. The SMILES string of the molecule is CC1CCc2cc(F)ccc2N1C(=O)COc1cccc2c1OC(C)(C)C2. The number of anilines is 1. The van der Waals surface area contributed by atoms with Gasteiger partial charge in [0.15, 0.2) is 18.1 Å². The number of carbonyl (C=O) groups excluding carboxylic acids is 1. The Hall–Kier alpha value is -2.56. The van der Waals surface area contributed by atoms with Crippen molar-refractivity contribution in [2.24, 2.45) is 0 Å². The number of carbonyl (C=O) groups is 1. The first kappa shape index (κ1) is 17.8. The topological polar surface area (TPSA) is 38.8 Å². The van der Waals surface area contributed by atoms with Crippen molar-refractivity contribution in [2.45, 2.75) is 51.7 Å². The van der Waals surface area contributed by atoms with Gasteiger partial charge in [0.05, 0.1) is 0 Å². The number of halogens is 1. The highest BCUT2D eigenvalue weighted by atomic mass is 19.1. The van der Waals surface area contributed by atoms with Gasteiger partial charge in [0.25, 0.3) is 5.91 Å². The third kappa shape index (κ3) is 3.38. The van der Waals surface area contributed by atoms with Crippen LogP contribution < -0.4 is 14.4 Å². The molecular weight excluding hydrogens is 345 g/mol. The van der Waals surface area contributed by atoms with Crippen LogP contribution in [0.15, 0.2) is 36.4 Å². The predicted molar refractivity (Wildman–Crippen MR) is 102 cm³/mol. The molecular formula is C22H24FNO3. The van der Waals surface area contributed by atoms with Gasteiger partial charge in [-0.05, 0) is 63.4 Å². The van der Waals surface area contributed by atoms with Crippen LogP contribution in [0.4, 0.5) is 10.1 Å². The van der Waals surface area contributed by atoms with Crippen molar-refractivity contribution in [3.63, 3.8) is 0 Å². The van der Waals surface area contributed by atoms with E-state index in [4.69, 9.17) is 9.47 Å². The Balaban J connectivity index is 1.53. The van der Waals surface area contributed by atoms with Crippen molar-refractivity contribution in [1.29, 1.82) is 0 Å². The number of fused-ring (bicyclic) bond motifs is 2. The van der Waals surface area contributed by atoms with Crippen LogP contribution in [-0.2, 0) is 17.6 Å². The molecule has 1 amide bonds. The van der Waals surface area contributed by atoms with Gasteiger partial charge in [-0.3, -0.25) is 4.79 Å². The van der Waals surface area contributed by atoms with Crippen molar-refractivity contribution >= 4 is 11.6 Å². The fourth-order valence-electron chi connectivity index (χ4n) is 4.01. The predicted octanol–water partition coefficient (Wildman–Crippen LogP) is 4.29. The molecule has 2 aliphatic rings. The molecule has 0 radical (unpaired) electrons. The van der Waals surface area contributed by atoms with Gasteiger partial charge in [-0.1, -0.05) is 12.1 Å². The van der Waals surface area contributed by atoms with Crippen LogP contribution in [0.2, 0.25) is 0 Å². The van der Waals surface area contributed by atoms with Crippen molar-refractivity contribution in [2.75, 3.05) is 11.5 Å². The largest absolute Gasteiger partial charge is 0.483 e. The Kier molecular flexibility index (Phi) is 4.33. The van der Waals surface area contributed by atoms with E-state index in [1.165, 1.54) is 12.1 Å². The lowest BCUT2D eigenvalue weighted by Gasteiger charge is -2.35. The molecule has 142 valence electrons. The first-order valence-electron chi connectivity index (χ1n) is 9.38. The Morgan fingerprint density at radius 3 is 2.93 bits per heavy atom. The maximum Gasteiger partial charge on any atom is 0.265 e. The van der Waals surface area contributed by atoms with Gasteiger partial charge >= 0.3 is 0 Å². The van der Waals surface area contributed by atoms with Gasteiger partial charge in [-0.15, -0.1) is 0 Å². The van der Waals surface area contributed by atoms with Gasteiger partial charge in [-0.25, -0.2) is 4.39 Å². The summed E-state index contributed by atoms with van der Waals surface area (Å²) in [4.78, 5) is 14.7. The summed E-state index contributed by atoms with van der Waals surface area (Å²) in [5.41, 5.74) is 2.47. The summed E-state index contributed by atoms with van der Waals surface area (Å²) in [6.07, 6.45) is 2.39. The van der Waals surface area contributed by atoms with Crippen molar-refractivity contribution in [3.8, 4) is 11.5 Å². The lowest BCUT2D eigenvalue weighted by atomic mass is 9.96. The zero-order valence-electron chi connectivity index (χ0n) is 15.9. The molecule has 0 aromatic heterocycles. The van der Waals surface area contributed by atoms with E-state index in [1.54, 1.807) is 11.0 Å². The quantitative estimate of drug-likeness (QED) is 0.810. The minimum absolute atomic E-state index is 0.0516. The van der Waals surface area contributed by atoms with Crippen molar-refractivity contribution < 1.29 is 18.7 Å². The maximum atomic E-state index is 13.5. The molecule has 4 nitrogen and oxygen atoms in total. The van der Waals surface area contributed by atoms with E-state index in [1.807, 2.05) is 39.0 Å². The summed E-state index contributed by atoms with van der Waals surface area (Å²) < 4.78 is 25.4. The molecule has 1 atom stereocenters. The third-order valence-corrected chi connectivity index (χ3v) is 5.25. The fraction of sp³-hybridized carbons (Fsp3) is 0.409. The maximum absolute atomic E-state index is 13.5. The van der Waals surface area contributed by atoms with Gasteiger partial charge in [-0.2, -0.15) is 0 Å². The summed E-state index contributed by atoms with van der Waals surface area (Å²) in [6.45, 7) is 6.00. The molecule has 0 spiro atoms. The lowest BCUT2D eigenvalue weighted by molar-refractivity contribution is -0.121. The smallest absolute Gasteiger partial charge is 0.265 e. The monoisotopic (exact) mass is 369 g/mol. The second kappa shape index (κ2) is 6.55. The number of rotatable bonds is 3. The number of amides is 1. The average molecular weight is 369 g/mol. The van der Waals surface area contributed by atoms with E-state index in [-0.39, 0.29) is 30.0 Å². The number of nitrogens with zero attached hydrogens (tertiary/aromatic N) is 1. The van der Waals surface area contributed by atoms with Gasteiger partial charge in [0, 0.05) is 23.7 Å². The molecule has 2 aromatic carbocycles. The molecule has 0 aliphatic carbocycles. The Bertz CT molecular complexity index is 893. The first-order valence-corrected chi connectivity index (χ1v) is 9.38. The minimum atomic E-state index is -0.272. The molecule has 2 aliphatic heterocycles. The average Bonchev–Trinajstić information content (AvgIpc) is 2.94. The van der Waals surface area contributed by atoms with E-state index in [9.17, 15) is 9.18 Å². The Morgan fingerprint density at radius 1 is 1.30 bits per heavy atom. The van der Waals surface area contributed by atoms with E-state index in [0.717, 1.165) is 41.8 Å². The van der Waals surface area contributed by atoms with Crippen LogP contribution in [0.25, 0.3) is 0 Å². The van der Waals surface area contributed by atoms with Crippen LogP contribution >= 0.6 is 0 Å². The van der Waals surface area contributed by atoms with E-state index < -0.39 is 0 Å². The first-order chi connectivity index (χ1) is 12.8. The van der Waals surface area contributed by atoms with E-state index in [2.05, 4.69) is 0 Å². The highest BCUT2D eigenvalue weighted by Gasteiger charge is 2.33. The minimum Gasteiger partial charge on any atom is -0.483 e. The van der Waals surface area contributed by atoms with Crippen molar-refractivity contribution in [3.05, 3.63) is 53.3 Å². The summed E-state index contributed by atoms with van der Waals surface area (Å²) in [6, 6.07) is 10.4. The van der Waals surface area contributed by atoms with Gasteiger partial charge in [0.2, 0.25) is 0 Å². The summed E-state index contributed by atoms with van der Waals surface area (Å²) in [5, 5.41) is 0. The van der Waals surface area contributed by atoms with Crippen LogP contribution in [-0.4, -0.2) is 24.2 Å². The molecule has 4 rings (SSSR count). The second-order valence-corrected chi connectivity index (χ2v) is 8.00. The molecule has 0 fully saturated rings. The molecule has 1 unspecified atom stereocenters. The molecule has 5 heteroatoms. The highest BCUT2D eigenvalue weighted by Crippen LogP contribution is 2.41. The number of ether oxygens (including phenoxy) is 2. The molecule has 2 aromatic rings. The number of benzene rings is 2. The molecule has 0 saturated heterocycles. The lowest BCUT2D eigenvalue weighted by Crippen LogP contribution is -2.44. The van der Waals surface area contributed by atoms with Crippen LogP contribution in [0.1, 0.15) is 38.3 Å². The van der Waals surface area contributed by atoms with Crippen LogP contribution in [0.5, 0.6) is 11.5 Å². The van der Waals surface area contributed by atoms with Crippen LogP contribution in [0, 0.1) is 5.82 Å². The Morgan fingerprint density at radius 2 is 2.11 bits per heavy atom. The molecule has 27 heavy (non-hydrogen) atoms. The summed E-state index contributed by atoms with van der Waals surface area (Å²) >= 11 is 0. The molecule has 2 heterocycles. The molecule has 0 N–H and O–H groups in total. The number of aryl methyl sites for hydroxylation is 1. The van der Waals surface area contributed by atoms with E-state index >= 15 is 0 Å². The fourth-order valence-corrected chi connectivity index (χ4v) is 4.01. The second-order valence-electron chi connectivity index (χ2n) is 8.00. The standard InChI is InChI=1S/C22H24FNO3/c1-14-7-8-15-11-17(23)9-10-18(15)24(14)20(25)13-26-19-6-4-5-16-12-22(2,3)27-21(16)19/h4-6,9-11,14H,7-8,12-13H2,1-3H3. The molecule has 0 saturated carbocycles. The zero-order chi connectivity index (χ0) is 19.2. The van der Waals surface area contributed by atoms with E-state index in [0.29, 0.717) is 5.75 Å². The van der Waals surface area contributed by atoms with Crippen LogP contribution in [0.3, 0.4) is 0 Å². The summed E-state index contributed by atoms with van der Waals surface area (Å²) in [7, 11) is 0. The molecule has 0 bridgehead atoms. The number of para-hydroxylation sites is 1. The number of hydrogen-bond acceptors (Lipinski definition) is 3. The Labute approximate surface area is 158 Å². The zero-order valence-corrected chi connectivity index (χ0v) is 15.9. The van der Waals surface area contributed by atoms with Gasteiger partial charge < -0.3 is 14.4 Å². The van der Waals surface area contributed by atoms with Gasteiger partial charge in [0.1, 0.15) is 11.4 Å². The van der Waals surface area contributed by atoms with Crippen molar-refractivity contribution in [1.82, 2.24) is 0 Å². The normalized spacial score (nSPS) is 19.9.